The summed E-state index contributed by atoms with van der Waals surface area (Å²) in [7, 11) is 0. The molecule has 5 heteroatoms. The van der Waals surface area contributed by atoms with Gasteiger partial charge in [-0.1, -0.05) is 0 Å². The molecular formula is C12H23NO4. The lowest BCUT2D eigenvalue weighted by atomic mass is 9.95. The van der Waals surface area contributed by atoms with Crippen molar-refractivity contribution in [2.75, 3.05) is 39.5 Å². The molecule has 1 heterocycles. The quantitative estimate of drug-likeness (QED) is 0.542. The topological polar surface area (TPSA) is 59.0 Å². The van der Waals surface area contributed by atoms with Crippen LogP contribution in [0.15, 0.2) is 0 Å². The van der Waals surface area contributed by atoms with Gasteiger partial charge in [0.2, 0.25) is 0 Å². The van der Waals surface area contributed by atoms with Gasteiger partial charge in [-0.3, -0.25) is 4.90 Å². The van der Waals surface area contributed by atoms with Gasteiger partial charge in [0.25, 0.3) is 0 Å². The van der Waals surface area contributed by atoms with E-state index in [4.69, 9.17) is 9.47 Å². The Balaban J connectivity index is 2.08. The number of ether oxygens (including phenoxy) is 2. The standard InChI is InChI=1S/C12H23NO4/c1-3-17-11(14)9-16-8-7-13-6-4-5-12(2,15)10-13/h15H,3-10H2,1-2H3. The highest BCUT2D eigenvalue weighted by atomic mass is 16.6. The van der Waals surface area contributed by atoms with Gasteiger partial charge in [0.1, 0.15) is 6.61 Å². The van der Waals surface area contributed by atoms with Gasteiger partial charge in [-0.05, 0) is 33.2 Å². The molecule has 0 aliphatic carbocycles. The summed E-state index contributed by atoms with van der Waals surface area (Å²) in [4.78, 5) is 13.2. The third kappa shape index (κ3) is 6.00. The number of nitrogens with zero attached hydrogens (tertiary/aromatic N) is 1. The third-order valence-electron chi connectivity index (χ3n) is 2.83. The van der Waals surface area contributed by atoms with Gasteiger partial charge >= 0.3 is 5.97 Å². The number of hydrogen-bond acceptors (Lipinski definition) is 5. The molecule has 1 aliphatic rings. The monoisotopic (exact) mass is 245 g/mol. The minimum atomic E-state index is -0.584. The Labute approximate surface area is 103 Å². The normalized spacial score (nSPS) is 25.8. The van der Waals surface area contributed by atoms with Crippen molar-refractivity contribution in [2.45, 2.75) is 32.3 Å². The van der Waals surface area contributed by atoms with E-state index >= 15 is 0 Å². The first-order chi connectivity index (χ1) is 8.03. The average molecular weight is 245 g/mol. The fourth-order valence-electron chi connectivity index (χ4n) is 2.07. The van der Waals surface area contributed by atoms with Crippen molar-refractivity contribution < 1.29 is 19.4 Å². The fourth-order valence-corrected chi connectivity index (χ4v) is 2.07. The van der Waals surface area contributed by atoms with Gasteiger partial charge in [0.05, 0.1) is 18.8 Å². The van der Waals surface area contributed by atoms with E-state index in [9.17, 15) is 9.90 Å². The first-order valence-corrected chi connectivity index (χ1v) is 6.21. The molecule has 0 aromatic carbocycles. The molecule has 1 atom stereocenters. The Morgan fingerprint density at radius 3 is 2.94 bits per heavy atom. The molecule has 0 bridgehead atoms. The first-order valence-electron chi connectivity index (χ1n) is 6.21. The van der Waals surface area contributed by atoms with Gasteiger partial charge in [-0.2, -0.15) is 0 Å². The highest BCUT2D eigenvalue weighted by Crippen LogP contribution is 2.19. The van der Waals surface area contributed by atoms with E-state index in [0.717, 1.165) is 25.9 Å². The number of likely N-dealkylation sites (tertiary alicyclic amines) is 1. The van der Waals surface area contributed by atoms with Crippen molar-refractivity contribution in [2.24, 2.45) is 0 Å². The van der Waals surface area contributed by atoms with Gasteiger partial charge in [-0.25, -0.2) is 4.79 Å². The second-order valence-corrected chi connectivity index (χ2v) is 4.73. The van der Waals surface area contributed by atoms with Gasteiger partial charge in [0.15, 0.2) is 0 Å². The van der Waals surface area contributed by atoms with E-state index < -0.39 is 5.60 Å². The smallest absolute Gasteiger partial charge is 0.332 e. The number of hydrogen-bond donors (Lipinski definition) is 1. The van der Waals surface area contributed by atoms with E-state index in [1.807, 2.05) is 6.92 Å². The molecule has 1 aliphatic heterocycles. The number of β-amino-alcohol motifs (C(OH)–C–C–N with tert-alkyl or cyclic N) is 1. The minimum Gasteiger partial charge on any atom is -0.464 e. The molecule has 17 heavy (non-hydrogen) atoms. The van der Waals surface area contributed by atoms with Crippen LogP contribution in [0.25, 0.3) is 0 Å². The Bertz CT molecular complexity index is 243. The molecule has 5 nitrogen and oxygen atoms in total. The second-order valence-electron chi connectivity index (χ2n) is 4.73. The lowest BCUT2D eigenvalue weighted by Crippen LogP contribution is -2.47. The molecule has 1 saturated heterocycles. The van der Waals surface area contributed by atoms with Crippen molar-refractivity contribution in [3.8, 4) is 0 Å². The lowest BCUT2D eigenvalue weighted by Gasteiger charge is -2.36. The van der Waals surface area contributed by atoms with E-state index in [2.05, 4.69) is 4.90 Å². The summed E-state index contributed by atoms with van der Waals surface area (Å²) in [5.74, 6) is -0.321. The average Bonchev–Trinajstić information content (AvgIpc) is 2.23. The number of carbonyl (C=O) groups is 1. The maximum atomic E-state index is 11.0. The molecule has 1 N–H and O–H groups in total. The largest absolute Gasteiger partial charge is 0.464 e. The van der Waals surface area contributed by atoms with Crippen molar-refractivity contribution in [1.82, 2.24) is 4.90 Å². The van der Waals surface area contributed by atoms with Crippen molar-refractivity contribution in [1.29, 1.82) is 0 Å². The van der Waals surface area contributed by atoms with Crippen LogP contribution in [0, 0.1) is 0 Å². The minimum absolute atomic E-state index is 0.0120. The first kappa shape index (κ1) is 14.4. The number of esters is 1. The zero-order valence-corrected chi connectivity index (χ0v) is 10.8. The predicted octanol–water partition coefficient (Wildman–Crippen LogP) is 0.413. The van der Waals surface area contributed by atoms with Crippen LogP contribution in [-0.4, -0.2) is 61.0 Å². The summed E-state index contributed by atoms with van der Waals surface area (Å²) in [6, 6.07) is 0. The van der Waals surface area contributed by atoms with Crippen molar-refractivity contribution in [3.63, 3.8) is 0 Å². The second kappa shape index (κ2) is 6.93. The molecule has 0 saturated carbocycles. The predicted molar refractivity (Wildman–Crippen MR) is 63.7 cm³/mol. The number of rotatable bonds is 6. The van der Waals surface area contributed by atoms with E-state index in [1.165, 1.54) is 0 Å². The molecule has 0 radical (unpaired) electrons. The zero-order valence-electron chi connectivity index (χ0n) is 10.8. The van der Waals surface area contributed by atoms with E-state index in [-0.39, 0.29) is 12.6 Å². The SMILES string of the molecule is CCOC(=O)COCCN1CCCC(C)(O)C1. The highest BCUT2D eigenvalue weighted by Gasteiger charge is 2.27. The number of piperidine rings is 1. The molecule has 1 rings (SSSR count). The van der Waals surface area contributed by atoms with Crippen LogP contribution in [0.1, 0.15) is 26.7 Å². The van der Waals surface area contributed by atoms with Crippen LogP contribution in [0.4, 0.5) is 0 Å². The Hall–Kier alpha value is -0.650. The van der Waals surface area contributed by atoms with Crippen LogP contribution >= 0.6 is 0 Å². The van der Waals surface area contributed by atoms with E-state index in [0.29, 0.717) is 19.8 Å². The molecule has 0 aromatic heterocycles. The highest BCUT2D eigenvalue weighted by molar-refractivity contribution is 5.70. The summed E-state index contributed by atoms with van der Waals surface area (Å²) < 4.78 is 9.97. The summed E-state index contributed by atoms with van der Waals surface area (Å²) in [6.45, 7) is 6.93. The number of aliphatic hydroxyl groups is 1. The zero-order chi connectivity index (χ0) is 12.7. The Morgan fingerprint density at radius 2 is 2.29 bits per heavy atom. The van der Waals surface area contributed by atoms with Crippen LogP contribution in [-0.2, 0) is 14.3 Å². The van der Waals surface area contributed by atoms with Gasteiger partial charge < -0.3 is 14.6 Å². The van der Waals surface area contributed by atoms with Crippen molar-refractivity contribution >= 4 is 5.97 Å². The fraction of sp³-hybridized carbons (Fsp3) is 0.917. The maximum Gasteiger partial charge on any atom is 0.332 e. The van der Waals surface area contributed by atoms with E-state index in [1.54, 1.807) is 6.92 Å². The molecule has 1 fully saturated rings. The third-order valence-corrected chi connectivity index (χ3v) is 2.83. The van der Waals surface area contributed by atoms with Crippen molar-refractivity contribution in [3.05, 3.63) is 0 Å². The van der Waals surface area contributed by atoms with Crippen LogP contribution < -0.4 is 0 Å². The Morgan fingerprint density at radius 1 is 1.53 bits per heavy atom. The summed E-state index contributed by atoms with van der Waals surface area (Å²) in [5, 5.41) is 9.90. The summed E-state index contributed by atoms with van der Waals surface area (Å²) in [6.07, 6.45) is 1.86. The lowest BCUT2D eigenvalue weighted by molar-refractivity contribution is -0.148. The molecule has 0 spiro atoms. The van der Waals surface area contributed by atoms with Crippen LogP contribution in [0.2, 0.25) is 0 Å². The summed E-state index contributed by atoms with van der Waals surface area (Å²) >= 11 is 0. The maximum absolute atomic E-state index is 11.0. The Kier molecular flexibility index (Phi) is 5.88. The van der Waals surface area contributed by atoms with Crippen LogP contribution in [0.5, 0.6) is 0 Å². The molecule has 100 valence electrons. The summed E-state index contributed by atoms with van der Waals surface area (Å²) in [5.41, 5.74) is -0.584. The van der Waals surface area contributed by atoms with Gasteiger partial charge in [0, 0.05) is 13.1 Å². The molecule has 1 unspecified atom stereocenters. The van der Waals surface area contributed by atoms with Crippen LogP contribution in [0.3, 0.4) is 0 Å². The molecular weight excluding hydrogens is 222 g/mol. The van der Waals surface area contributed by atoms with Gasteiger partial charge in [-0.15, -0.1) is 0 Å². The molecule has 0 aromatic rings. The number of carbonyl (C=O) groups excluding carboxylic acids is 1. The molecule has 0 amide bonds.